The molecule has 0 saturated heterocycles. The SMILES string of the molecule is CNC(=O)[C@@H](Cc1ccccc1)N(Cc1cccc(Cl)c1)C(=O)COc1ccc(Cl)cc1Cl. The van der Waals surface area contributed by atoms with Gasteiger partial charge in [-0.1, -0.05) is 77.3 Å². The Morgan fingerprint density at radius 1 is 0.909 bits per heavy atom. The van der Waals surface area contributed by atoms with Crippen LogP contribution in [0.2, 0.25) is 15.1 Å². The Morgan fingerprint density at radius 2 is 1.61 bits per heavy atom. The first kappa shape index (κ1) is 24.9. The Balaban J connectivity index is 1.88. The van der Waals surface area contributed by atoms with Crippen molar-refractivity contribution in [3.8, 4) is 5.75 Å². The lowest BCUT2D eigenvalue weighted by Gasteiger charge is -2.31. The fourth-order valence-electron chi connectivity index (χ4n) is 3.37. The maximum absolute atomic E-state index is 13.4. The Bertz CT molecular complexity index is 1110. The minimum atomic E-state index is -0.756. The van der Waals surface area contributed by atoms with Crippen molar-refractivity contribution in [2.24, 2.45) is 0 Å². The number of carbonyl (C=O) groups is 2. The third-order valence-corrected chi connectivity index (χ3v) is 5.77. The number of amides is 2. The van der Waals surface area contributed by atoms with E-state index in [4.69, 9.17) is 39.5 Å². The molecule has 3 rings (SSSR count). The summed E-state index contributed by atoms with van der Waals surface area (Å²) in [6.45, 7) is -0.119. The van der Waals surface area contributed by atoms with E-state index in [0.717, 1.165) is 11.1 Å². The Hall–Kier alpha value is -2.73. The van der Waals surface area contributed by atoms with Crippen LogP contribution in [-0.4, -0.2) is 36.4 Å². The number of nitrogens with zero attached hydrogens (tertiary/aromatic N) is 1. The molecule has 0 radical (unpaired) electrons. The van der Waals surface area contributed by atoms with Gasteiger partial charge in [0.05, 0.1) is 5.02 Å². The van der Waals surface area contributed by atoms with Gasteiger partial charge in [0.25, 0.3) is 5.91 Å². The van der Waals surface area contributed by atoms with Crippen molar-refractivity contribution in [3.05, 3.63) is 99.0 Å². The second-order valence-electron chi connectivity index (χ2n) is 7.33. The second-order valence-corrected chi connectivity index (χ2v) is 8.61. The summed E-state index contributed by atoms with van der Waals surface area (Å²) in [5.41, 5.74) is 1.72. The van der Waals surface area contributed by atoms with Gasteiger partial charge in [0.1, 0.15) is 11.8 Å². The molecule has 0 unspecified atom stereocenters. The zero-order valence-electron chi connectivity index (χ0n) is 17.9. The Labute approximate surface area is 208 Å². The summed E-state index contributed by atoms with van der Waals surface area (Å²) in [7, 11) is 1.55. The maximum Gasteiger partial charge on any atom is 0.261 e. The lowest BCUT2D eigenvalue weighted by Crippen LogP contribution is -2.51. The van der Waals surface area contributed by atoms with Gasteiger partial charge in [0, 0.05) is 30.1 Å². The van der Waals surface area contributed by atoms with E-state index in [2.05, 4.69) is 5.32 Å². The minimum Gasteiger partial charge on any atom is -0.482 e. The predicted octanol–water partition coefficient (Wildman–Crippen LogP) is 5.41. The van der Waals surface area contributed by atoms with Crippen LogP contribution in [0.25, 0.3) is 0 Å². The molecule has 0 heterocycles. The number of likely N-dealkylation sites (N-methyl/N-ethyl adjacent to an activating group) is 1. The molecule has 5 nitrogen and oxygen atoms in total. The molecule has 0 fully saturated rings. The molecule has 0 saturated carbocycles. The third-order valence-electron chi connectivity index (χ3n) is 5.00. The molecular formula is C25H23Cl3N2O3. The molecule has 33 heavy (non-hydrogen) atoms. The highest BCUT2D eigenvalue weighted by molar-refractivity contribution is 6.35. The van der Waals surface area contributed by atoms with E-state index in [-0.39, 0.29) is 25.0 Å². The first-order chi connectivity index (χ1) is 15.9. The smallest absolute Gasteiger partial charge is 0.261 e. The molecule has 0 aliphatic rings. The van der Waals surface area contributed by atoms with Crippen LogP contribution in [0.3, 0.4) is 0 Å². The average molecular weight is 506 g/mol. The standard InChI is InChI=1S/C25H23Cl3N2O3/c1-29-25(32)22(13-17-6-3-2-4-7-17)30(15-18-8-5-9-19(26)12-18)24(31)16-33-23-11-10-20(27)14-21(23)28/h2-12,14,22H,13,15-16H2,1H3,(H,29,32)/t22-/m1/s1. The van der Waals surface area contributed by atoms with Crippen LogP contribution in [0.4, 0.5) is 0 Å². The van der Waals surface area contributed by atoms with Gasteiger partial charge >= 0.3 is 0 Å². The molecule has 8 heteroatoms. The van der Waals surface area contributed by atoms with Crippen molar-refractivity contribution in [2.45, 2.75) is 19.0 Å². The average Bonchev–Trinajstić information content (AvgIpc) is 2.81. The van der Waals surface area contributed by atoms with Crippen LogP contribution in [0.15, 0.2) is 72.8 Å². The minimum absolute atomic E-state index is 0.183. The van der Waals surface area contributed by atoms with E-state index >= 15 is 0 Å². The molecule has 2 amide bonds. The Kier molecular flexibility index (Phi) is 9.01. The molecular weight excluding hydrogens is 483 g/mol. The zero-order chi connectivity index (χ0) is 23.8. The monoisotopic (exact) mass is 504 g/mol. The van der Waals surface area contributed by atoms with Crippen LogP contribution < -0.4 is 10.1 Å². The van der Waals surface area contributed by atoms with Crippen LogP contribution >= 0.6 is 34.8 Å². The van der Waals surface area contributed by atoms with Crippen molar-refractivity contribution in [2.75, 3.05) is 13.7 Å². The largest absolute Gasteiger partial charge is 0.482 e. The number of hydrogen-bond donors (Lipinski definition) is 1. The first-order valence-corrected chi connectivity index (χ1v) is 11.4. The van der Waals surface area contributed by atoms with Crippen LogP contribution in [-0.2, 0) is 22.6 Å². The summed E-state index contributed by atoms with van der Waals surface area (Å²) >= 11 is 18.2. The van der Waals surface area contributed by atoms with E-state index in [1.165, 1.54) is 11.0 Å². The number of hydrogen-bond acceptors (Lipinski definition) is 3. The molecule has 3 aromatic carbocycles. The van der Waals surface area contributed by atoms with Gasteiger partial charge in [-0.15, -0.1) is 0 Å². The number of nitrogens with one attached hydrogen (secondary N) is 1. The summed E-state index contributed by atoms with van der Waals surface area (Å²) in [6.07, 6.45) is 0.342. The summed E-state index contributed by atoms with van der Waals surface area (Å²) in [5.74, 6) is -0.319. The van der Waals surface area contributed by atoms with Crippen molar-refractivity contribution >= 4 is 46.6 Å². The molecule has 0 aliphatic heterocycles. The summed E-state index contributed by atoms with van der Waals surface area (Å²) < 4.78 is 5.67. The Morgan fingerprint density at radius 3 is 2.27 bits per heavy atom. The molecule has 172 valence electrons. The fraction of sp³-hybridized carbons (Fsp3) is 0.200. The lowest BCUT2D eigenvalue weighted by atomic mass is 10.0. The topological polar surface area (TPSA) is 58.6 Å². The summed E-state index contributed by atoms with van der Waals surface area (Å²) in [6, 6.07) is 20.7. The number of ether oxygens (including phenoxy) is 1. The van der Waals surface area contributed by atoms with Crippen LogP contribution in [0, 0.1) is 0 Å². The van der Waals surface area contributed by atoms with Gasteiger partial charge in [0.15, 0.2) is 6.61 Å². The molecule has 1 atom stereocenters. The normalized spacial score (nSPS) is 11.5. The summed E-state index contributed by atoms with van der Waals surface area (Å²) in [4.78, 5) is 27.7. The number of benzene rings is 3. The molecule has 0 bridgehead atoms. The van der Waals surface area contributed by atoms with Gasteiger partial charge in [0.2, 0.25) is 5.91 Å². The second kappa shape index (κ2) is 11.9. The van der Waals surface area contributed by atoms with E-state index < -0.39 is 6.04 Å². The zero-order valence-corrected chi connectivity index (χ0v) is 20.2. The van der Waals surface area contributed by atoms with Gasteiger partial charge in [-0.2, -0.15) is 0 Å². The van der Waals surface area contributed by atoms with Gasteiger partial charge in [-0.25, -0.2) is 0 Å². The third kappa shape index (κ3) is 7.13. The quantitative estimate of drug-likeness (QED) is 0.423. The van der Waals surface area contributed by atoms with Crippen molar-refractivity contribution in [1.82, 2.24) is 10.2 Å². The van der Waals surface area contributed by atoms with E-state index in [0.29, 0.717) is 27.2 Å². The highest BCUT2D eigenvalue weighted by Gasteiger charge is 2.30. The molecule has 1 N–H and O–H groups in total. The van der Waals surface area contributed by atoms with Gasteiger partial charge in [-0.3, -0.25) is 9.59 Å². The van der Waals surface area contributed by atoms with Gasteiger partial charge < -0.3 is 15.0 Å². The fourth-order valence-corrected chi connectivity index (χ4v) is 4.04. The van der Waals surface area contributed by atoms with Crippen molar-refractivity contribution in [3.63, 3.8) is 0 Å². The highest BCUT2D eigenvalue weighted by atomic mass is 35.5. The van der Waals surface area contributed by atoms with Crippen LogP contribution in [0.1, 0.15) is 11.1 Å². The predicted molar refractivity (Wildman–Crippen MR) is 132 cm³/mol. The van der Waals surface area contributed by atoms with E-state index in [1.807, 2.05) is 36.4 Å². The number of rotatable bonds is 9. The number of halogens is 3. The first-order valence-electron chi connectivity index (χ1n) is 10.2. The summed E-state index contributed by atoms with van der Waals surface area (Å²) in [5, 5.41) is 3.97. The molecule has 0 spiro atoms. The van der Waals surface area contributed by atoms with Crippen molar-refractivity contribution < 1.29 is 14.3 Å². The molecule has 3 aromatic rings. The van der Waals surface area contributed by atoms with Crippen molar-refractivity contribution in [1.29, 1.82) is 0 Å². The lowest BCUT2D eigenvalue weighted by molar-refractivity contribution is -0.142. The highest BCUT2D eigenvalue weighted by Crippen LogP contribution is 2.27. The maximum atomic E-state index is 13.4. The van der Waals surface area contributed by atoms with E-state index in [9.17, 15) is 9.59 Å². The number of carbonyl (C=O) groups excluding carboxylic acids is 2. The van der Waals surface area contributed by atoms with E-state index in [1.54, 1.807) is 37.4 Å². The molecule has 0 aromatic heterocycles. The van der Waals surface area contributed by atoms with Crippen LogP contribution in [0.5, 0.6) is 5.75 Å². The molecule has 0 aliphatic carbocycles. The van der Waals surface area contributed by atoms with Gasteiger partial charge in [-0.05, 0) is 41.5 Å².